The van der Waals surface area contributed by atoms with Crippen LogP contribution >= 0.6 is 11.6 Å². The zero-order chi connectivity index (χ0) is 33.3. The van der Waals surface area contributed by atoms with Gasteiger partial charge in [0.05, 0.1) is 40.8 Å². The third-order valence-corrected chi connectivity index (χ3v) is 8.24. The molecule has 1 aromatic heterocycles. The van der Waals surface area contributed by atoms with E-state index < -0.39 is 71.2 Å². The first-order chi connectivity index (χ1) is 21.8. The van der Waals surface area contributed by atoms with Crippen molar-refractivity contribution in [1.29, 1.82) is 0 Å². The maximum atomic E-state index is 15.0. The Balaban J connectivity index is 1.52. The zero-order valence-electron chi connectivity index (χ0n) is 24.6. The molecule has 1 saturated heterocycles. The SMILES string of the molecule is COC(=O)Nc1ccc2c(c1)NC(=O)[C@H](C)CCC[C@H](N1CC(=O)N(c3c(C(F)(F)F)ccc(Cl)c3F)CC1=O)c1cc-2ccn1. The summed E-state index contributed by atoms with van der Waals surface area (Å²) in [6.45, 7) is 0.232. The van der Waals surface area contributed by atoms with Gasteiger partial charge in [-0.2, -0.15) is 13.2 Å². The minimum Gasteiger partial charge on any atom is -0.453 e. The standard InChI is InChI=1S/C31H28ClF4N5O5/c1-16-4-3-5-24(40-14-26(43)41(15-25(40)42)28-20(31(34,35)36)8-9-21(32)27(28)33)23-12-17(10-11-37-23)19-7-6-18(38-30(45)46-2)13-22(19)39-29(16)44/h6-13,16,24H,3-5,14-15H2,1-2H3,(H,38,45)(H,39,44)/t16-,24+/m1/s1. The highest BCUT2D eigenvalue weighted by Gasteiger charge is 2.43. The molecule has 0 saturated carbocycles. The number of nitrogens with one attached hydrogen (secondary N) is 2. The number of halogens is 5. The van der Waals surface area contributed by atoms with Gasteiger partial charge in [-0.25, -0.2) is 9.18 Å². The smallest absolute Gasteiger partial charge is 0.418 e. The molecule has 0 unspecified atom stereocenters. The average molecular weight is 662 g/mol. The van der Waals surface area contributed by atoms with Crippen LogP contribution < -0.4 is 15.5 Å². The number of fused-ring (bicyclic) bond motifs is 4. The number of pyridine rings is 1. The lowest BCUT2D eigenvalue weighted by molar-refractivity contribution is -0.142. The lowest BCUT2D eigenvalue weighted by Gasteiger charge is -2.39. The second kappa shape index (κ2) is 12.9. The molecule has 2 aromatic carbocycles. The largest absolute Gasteiger partial charge is 0.453 e. The molecule has 242 valence electrons. The van der Waals surface area contributed by atoms with Gasteiger partial charge in [0.1, 0.15) is 13.1 Å². The fourth-order valence-electron chi connectivity index (χ4n) is 5.57. The number of piperazine rings is 1. The summed E-state index contributed by atoms with van der Waals surface area (Å²) in [7, 11) is 1.22. The summed E-state index contributed by atoms with van der Waals surface area (Å²) in [5, 5.41) is 4.84. The highest BCUT2D eigenvalue weighted by molar-refractivity contribution is 6.31. The molecule has 46 heavy (non-hydrogen) atoms. The van der Waals surface area contributed by atoms with Crippen LogP contribution in [0.2, 0.25) is 5.02 Å². The molecule has 0 spiro atoms. The maximum Gasteiger partial charge on any atom is 0.418 e. The quantitative estimate of drug-likeness (QED) is 0.313. The molecule has 2 aliphatic rings. The van der Waals surface area contributed by atoms with Gasteiger partial charge < -0.3 is 15.0 Å². The Hall–Kier alpha value is -4.72. The molecule has 2 atom stereocenters. The van der Waals surface area contributed by atoms with Crippen LogP contribution in [0.5, 0.6) is 0 Å². The molecule has 1 fully saturated rings. The van der Waals surface area contributed by atoms with Gasteiger partial charge in [0.15, 0.2) is 5.82 Å². The molecule has 15 heteroatoms. The van der Waals surface area contributed by atoms with E-state index in [1.54, 1.807) is 37.3 Å². The molecule has 3 heterocycles. The van der Waals surface area contributed by atoms with Crippen molar-refractivity contribution in [2.24, 2.45) is 5.92 Å². The van der Waals surface area contributed by atoms with Crippen molar-refractivity contribution in [2.45, 2.75) is 38.4 Å². The van der Waals surface area contributed by atoms with Gasteiger partial charge in [0.2, 0.25) is 17.7 Å². The summed E-state index contributed by atoms with van der Waals surface area (Å²) in [4.78, 5) is 58.0. The summed E-state index contributed by atoms with van der Waals surface area (Å²) in [6, 6.07) is 8.75. The molecule has 0 aliphatic carbocycles. The van der Waals surface area contributed by atoms with Crippen molar-refractivity contribution in [3.63, 3.8) is 0 Å². The first-order valence-corrected chi connectivity index (χ1v) is 14.6. The number of methoxy groups -OCH3 is 1. The van der Waals surface area contributed by atoms with Crippen molar-refractivity contribution in [1.82, 2.24) is 9.88 Å². The fraction of sp³-hybridized carbons (Fsp3) is 0.323. The van der Waals surface area contributed by atoms with E-state index in [4.69, 9.17) is 11.6 Å². The summed E-state index contributed by atoms with van der Waals surface area (Å²) in [6.07, 6.45) is -3.13. The van der Waals surface area contributed by atoms with E-state index in [2.05, 4.69) is 20.4 Å². The molecule has 0 radical (unpaired) electrons. The number of ether oxygens (including phenoxy) is 1. The van der Waals surface area contributed by atoms with Gasteiger partial charge in [0.25, 0.3) is 0 Å². The van der Waals surface area contributed by atoms with Crippen molar-refractivity contribution >= 4 is 52.5 Å². The van der Waals surface area contributed by atoms with E-state index in [0.29, 0.717) is 52.0 Å². The number of carbonyl (C=O) groups excluding carboxylic acids is 4. The van der Waals surface area contributed by atoms with Gasteiger partial charge in [-0.1, -0.05) is 31.0 Å². The van der Waals surface area contributed by atoms with Crippen LogP contribution in [0, 0.1) is 11.7 Å². The molecule has 4 amide bonds. The topological polar surface area (TPSA) is 121 Å². The minimum absolute atomic E-state index is 0.279. The number of alkyl halides is 3. The first kappa shape index (κ1) is 32.7. The number of carbonyl (C=O) groups is 4. The van der Waals surface area contributed by atoms with Crippen LogP contribution in [0.25, 0.3) is 11.1 Å². The second-order valence-electron chi connectivity index (χ2n) is 10.9. The second-order valence-corrected chi connectivity index (χ2v) is 11.3. The highest BCUT2D eigenvalue weighted by Crippen LogP contribution is 2.42. The van der Waals surface area contributed by atoms with Gasteiger partial charge >= 0.3 is 12.3 Å². The first-order valence-electron chi connectivity index (χ1n) is 14.2. The molecule has 2 bridgehead atoms. The molecular weight excluding hydrogens is 634 g/mol. The Morgan fingerprint density at radius 3 is 2.54 bits per heavy atom. The van der Waals surface area contributed by atoms with E-state index in [-0.39, 0.29) is 12.3 Å². The summed E-state index contributed by atoms with van der Waals surface area (Å²) >= 11 is 5.77. The lowest BCUT2D eigenvalue weighted by Crippen LogP contribution is -2.55. The Kier molecular flexibility index (Phi) is 9.20. The number of rotatable bonds is 3. The van der Waals surface area contributed by atoms with Crippen molar-refractivity contribution in [2.75, 3.05) is 35.7 Å². The van der Waals surface area contributed by atoms with E-state index >= 15 is 4.39 Å². The Labute approximate surface area is 265 Å². The number of benzene rings is 2. The van der Waals surface area contributed by atoms with Gasteiger partial charge in [0, 0.05) is 23.4 Å². The number of anilines is 3. The highest BCUT2D eigenvalue weighted by atomic mass is 35.5. The van der Waals surface area contributed by atoms with Crippen molar-refractivity contribution < 1.29 is 41.5 Å². The van der Waals surface area contributed by atoms with Crippen LogP contribution in [0.4, 0.5) is 39.4 Å². The van der Waals surface area contributed by atoms with Crippen LogP contribution in [-0.2, 0) is 25.3 Å². The van der Waals surface area contributed by atoms with E-state index in [9.17, 15) is 32.3 Å². The number of aromatic nitrogens is 1. The van der Waals surface area contributed by atoms with Crippen LogP contribution in [0.15, 0.2) is 48.7 Å². The summed E-state index contributed by atoms with van der Waals surface area (Å²) in [5.74, 6) is -3.87. The van der Waals surface area contributed by atoms with Gasteiger partial charge in [-0.05, 0) is 54.8 Å². The van der Waals surface area contributed by atoms with Crippen molar-refractivity contribution in [3.8, 4) is 11.1 Å². The van der Waals surface area contributed by atoms with Gasteiger partial charge in [-0.3, -0.25) is 29.6 Å². The monoisotopic (exact) mass is 661 g/mol. The van der Waals surface area contributed by atoms with Crippen LogP contribution in [-0.4, -0.2) is 53.9 Å². The number of hydrogen-bond donors (Lipinski definition) is 2. The summed E-state index contributed by atoms with van der Waals surface area (Å²) < 4.78 is 61.1. The zero-order valence-corrected chi connectivity index (χ0v) is 25.3. The number of nitrogens with zero attached hydrogens (tertiary/aromatic N) is 3. The number of amides is 4. The lowest BCUT2D eigenvalue weighted by atomic mass is 9.94. The van der Waals surface area contributed by atoms with Crippen LogP contribution in [0.3, 0.4) is 0 Å². The minimum atomic E-state index is -5.02. The van der Waals surface area contributed by atoms with E-state index in [1.807, 2.05) is 0 Å². The predicted molar refractivity (Wildman–Crippen MR) is 161 cm³/mol. The molecule has 2 N–H and O–H groups in total. The Morgan fingerprint density at radius 1 is 1.07 bits per heavy atom. The van der Waals surface area contributed by atoms with Gasteiger partial charge in [-0.15, -0.1) is 0 Å². The predicted octanol–water partition coefficient (Wildman–Crippen LogP) is 6.41. The molecule has 2 aliphatic heterocycles. The van der Waals surface area contributed by atoms with Crippen molar-refractivity contribution in [3.05, 3.63) is 70.8 Å². The maximum absolute atomic E-state index is 15.0. The third kappa shape index (κ3) is 6.62. The molecule has 3 aromatic rings. The van der Waals surface area contributed by atoms with E-state index in [1.165, 1.54) is 18.2 Å². The molecule has 10 nitrogen and oxygen atoms in total. The Morgan fingerprint density at radius 2 is 1.83 bits per heavy atom. The Bertz CT molecular complexity index is 1720. The fourth-order valence-corrected chi connectivity index (χ4v) is 5.72. The molecular formula is C31H28ClF4N5O5. The number of hydrogen-bond acceptors (Lipinski definition) is 6. The van der Waals surface area contributed by atoms with E-state index in [0.717, 1.165) is 6.07 Å². The summed E-state index contributed by atoms with van der Waals surface area (Å²) in [5.41, 5.74) is -0.207. The van der Waals surface area contributed by atoms with Crippen LogP contribution in [0.1, 0.15) is 43.5 Å². The normalized spacial score (nSPS) is 19.1. The average Bonchev–Trinajstić information content (AvgIpc) is 3.01. The third-order valence-electron chi connectivity index (χ3n) is 7.95. The molecule has 5 rings (SSSR count).